The summed E-state index contributed by atoms with van der Waals surface area (Å²) in [6.07, 6.45) is 7.11. The van der Waals surface area contributed by atoms with Crippen LogP contribution < -0.4 is 0 Å². The fourth-order valence-corrected chi connectivity index (χ4v) is 2.77. The summed E-state index contributed by atoms with van der Waals surface area (Å²) in [5.41, 5.74) is 0. The molecule has 0 radical (unpaired) electrons. The van der Waals surface area contributed by atoms with Crippen LogP contribution in [0.15, 0.2) is 0 Å². The standard InChI is InChI=1S/C13H24O2S/c1-4-10-16-13(2,3)12(14)15-11-8-6-5-7-9-11/h11H,4-10H2,1-3H3. The van der Waals surface area contributed by atoms with Crippen LogP contribution >= 0.6 is 11.8 Å². The SMILES string of the molecule is CCCSC(C)(C)C(=O)OC1CCCCC1. The average molecular weight is 244 g/mol. The summed E-state index contributed by atoms with van der Waals surface area (Å²) in [5.74, 6) is 0.991. The Balaban J connectivity index is 2.36. The molecule has 1 aliphatic rings. The van der Waals surface area contributed by atoms with Crippen molar-refractivity contribution in [1.29, 1.82) is 0 Å². The van der Waals surface area contributed by atoms with E-state index in [1.165, 1.54) is 19.3 Å². The van der Waals surface area contributed by atoms with Gasteiger partial charge in [0.15, 0.2) is 0 Å². The molecule has 0 atom stereocenters. The molecule has 0 heterocycles. The molecule has 1 aliphatic carbocycles. The van der Waals surface area contributed by atoms with Crippen LogP contribution in [-0.4, -0.2) is 22.6 Å². The number of esters is 1. The van der Waals surface area contributed by atoms with Crippen molar-refractivity contribution in [3.63, 3.8) is 0 Å². The van der Waals surface area contributed by atoms with Crippen LogP contribution in [0.4, 0.5) is 0 Å². The molecule has 1 fully saturated rings. The monoisotopic (exact) mass is 244 g/mol. The number of rotatable bonds is 5. The topological polar surface area (TPSA) is 26.3 Å². The summed E-state index contributed by atoms with van der Waals surface area (Å²) in [5, 5.41) is 0. The maximum atomic E-state index is 12.0. The van der Waals surface area contributed by atoms with Gasteiger partial charge in [-0.25, -0.2) is 0 Å². The molecule has 1 rings (SSSR count). The second-order valence-corrected chi connectivity index (χ2v) is 6.74. The maximum Gasteiger partial charge on any atom is 0.321 e. The Morgan fingerprint density at radius 2 is 1.94 bits per heavy atom. The van der Waals surface area contributed by atoms with Crippen molar-refractivity contribution in [2.75, 3.05) is 5.75 Å². The Labute approximate surface area is 104 Å². The molecule has 3 heteroatoms. The third kappa shape index (κ3) is 4.36. The van der Waals surface area contributed by atoms with Crippen molar-refractivity contribution < 1.29 is 9.53 Å². The molecular weight excluding hydrogens is 220 g/mol. The van der Waals surface area contributed by atoms with E-state index < -0.39 is 0 Å². The van der Waals surface area contributed by atoms with E-state index in [1.54, 1.807) is 11.8 Å². The van der Waals surface area contributed by atoms with E-state index in [1.807, 2.05) is 13.8 Å². The summed E-state index contributed by atoms with van der Waals surface area (Å²) in [4.78, 5) is 12.0. The van der Waals surface area contributed by atoms with Crippen molar-refractivity contribution in [3.05, 3.63) is 0 Å². The van der Waals surface area contributed by atoms with Crippen molar-refractivity contribution >= 4 is 17.7 Å². The van der Waals surface area contributed by atoms with E-state index in [0.717, 1.165) is 25.0 Å². The molecule has 0 amide bonds. The lowest BCUT2D eigenvalue weighted by Crippen LogP contribution is -2.34. The van der Waals surface area contributed by atoms with Crippen molar-refractivity contribution in [3.8, 4) is 0 Å². The minimum absolute atomic E-state index is 0.0298. The van der Waals surface area contributed by atoms with Crippen LogP contribution in [0.1, 0.15) is 59.3 Å². The smallest absolute Gasteiger partial charge is 0.321 e. The molecule has 16 heavy (non-hydrogen) atoms. The molecule has 94 valence electrons. The molecule has 1 saturated carbocycles. The second kappa shape index (κ2) is 6.53. The highest BCUT2D eigenvalue weighted by molar-refractivity contribution is 8.01. The van der Waals surface area contributed by atoms with Crippen molar-refractivity contribution in [2.45, 2.75) is 70.1 Å². The second-order valence-electron chi connectivity index (χ2n) is 5.02. The minimum atomic E-state index is -0.381. The Hall–Kier alpha value is -0.180. The molecule has 0 spiro atoms. The first-order valence-electron chi connectivity index (χ1n) is 6.41. The molecule has 0 aromatic rings. The van der Waals surface area contributed by atoms with Gasteiger partial charge in [0.2, 0.25) is 0 Å². The first-order chi connectivity index (χ1) is 7.56. The lowest BCUT2D eigenvalue weighted by Gasteiger charge is -2.27. The highest BCUT2D eigenvalue weighted by Crippen LogP contribution is 2.29. The number of carbonyl (C=O) groups is 1. The Morgan fingerprint density at radius 3 is 2.50 bits per heavy atom. The fourth-order valence-electron chi connectivity index (χ4n) is 1.89. The zero-order valence-electron chi connectivity index (χ0n) is 10.8. The van der Waals surface area contributed by atoms with Gasteiger partial charge < -0.3 is 4.74 Å². The van der Waals surface area contributed by atoms with Gasteiger partial charge in [-0.05, 0) is 51.7 Å². The van der Waals surface area contributed by atoms with Gasteiger partial charge in [-0.15, -0.1) is 11.8 Å². The molecule has 0 N–H and O–H groups in total. The predicted molar refractivity (Wildman–Crippen MR) is 69.8 cm³/mol. The fraction of sp³-hybridized carbons (Fsp3) is 0.923. The lowest BCUT2D eigenvalue weighted by atomic mass is 9.98. The molecule has 0 bridgehead atoms. The van der Waals surface area contributed by atoms with Gasteiger partial charge in [0, 0.05) is 0 Å². The van der Waals surface area contributed by atoms with E-state index in [9.17, 15) is 4.79 Å². The van der Waals surface area contributed by atoms with Crippen molar-refractivity contribution in [2.24, 2.45) is 0 Å². The third-order valence-corrected chi connectivity index (χ3v) is 4.49. The number of ether oxygens (including phenoxy) is 1. The number of hydrogen-bond acceptors (Lipinski definition) is 3. The molecule has 0 saturated heterocycles. The van der Waals surface area contributed by atoms with E-state index >= 15 is 0 Å². The van der Waals surface area contributed by atoms with Gasteiger partial charge in [-0.2, -0.15) is 0 Å². The molecule has 0 aromatic heterocycles. The van der Waals surface area contributed by atoms with E-state index in [2.05, 4.69) is 6.92 Å². The number of hydrogen-bond donors (Lipinski definition) is 0. The van der Waals surface area contributed by atoms with Crippen molar-refractivity contribution in [1.82, 2.24) is 0 Å². The third-order valence-electron chi connectivity index (χ3n) is 2.98. The van der Waals surface area contributed by atoms with Crippen LogP contribution in [0.2, 0.25) is 0 Å². The highest BCUT2D eigenvalue weighted by Gasteiger charge is 2.31. The zero-order valence-corrected chi connectivity index (χ0v) is 11.6. The summed E-state index contributed by atoms with van der Waals surface area (Å²) in [6.45, 7) is 6.08. The summed E-state index contributed by atoms with van der Waals surface area (Å²) in [7, 11) is 0. The van der Waals surface area contributed by atoms with Crippen LogP contribution in [0, 0.1) is 0 Å². The molecule has 0 unspecified atom stereocenters. The Morgan fingerprint density at radius 1 is 1.31 bits per heavy atom. The summed E-state index contributed by atoms with van der Waals surface area (Å²) >= 11 is 1.70. The highest BCUT2D eigenvalue weighted by atomic mass is 32.2. The van der Waals surface area contributed by atoms with Gasteiger partial charge >= 0.3 is 5.97 Å². The van der Waals surface area contributed by atoms with E-state index in [-0.39, 0.29) is 16.8 Å². The zero-order chi connectivity index (χ0) is 12.0. The van der Waals surface area contributed by atoms with Crippen LogP contribution in [0.5, 0.6) is 0 Å². The summed E-state index contributed by atoms with van der Waals surface area (Å²) in [6, 6.07) is 0. The van der Waals surface area contributed by atoms with Crippen LogP contribution in [0.3, 0.4) is 0 Å². The average Bonchev–Trinajstić information content (AvgIpc) is 2.28. The van der Waals surface area contributed by atoms with Crippen LogP contribution in [0.25, 0.3) is 0 Å². The normalized spacial score (nSPS) is 18.4. The van der Waals surface area contributed by atoms with Gasteiger partial charge in [-0.3, -0.25) is 4.79 Å². The number of thioether (sulfide) groups is 1. The van der Waals surface area contributed by atoms with Gasteiger partial charge in [0.25, 0.3) is 0 Å². The Bertz CT molecular complexity index is 220. The first kappa shape index (κ1) is 13.9. The van der Waals surface area contributed by atoms with Gasteiger partial charge in [0.1, 0.15) is 10.9 Å². The van der Waals surface area contributed by atoms with Gasteiger partial charge in [-0.1, -0.05) is 13.3 Å². The van der Waals surface area contributed by atoms with Crippen LogP contribution in [-0.2, 0) is 9.53 Å². The Kier molecular flexibility index (Phi) is 5.67. The largest absolute Gasteiger partial charge is 0.461 e. The predicted octanol–water partition coefficient (Wildman–Crippen LogP) is 3.78. The molecule has 2 nitrogen and oxygen atoms in total. The van der Waals surface area contributed by atoms with Gasteiger partial charge in [0.05, 0.1) is 0 Å². The maximum absolute atomic E-state index is 12.0. The summed E-state index contributed by atoms with van der Waals surface area (Å²) < 4.78 is 5.21. The minimum Gasteiger partial charge on any atom is -0.461 e. The number of carbonyl (C=O) groups excluding carboxylic acids is 1. The van der Waals surface area contributed by atoms with E-state index in [4.69, 9.17) is 4.74 Å². The quantitative estimate of drug-likeness (QED) is 0.688. The van der Waals surface area contributed by atoms with E-state index in [0.29, 0.717) is 0 Å². The molecular formula is C13H24O2S. The first-order valence-corrected chi connectivity index (χ1v) is 7.40. The lowest BCUT2D eigenvalue weighted by molar-refractivity contribution is -0.152. The molecule has 0 aromatic carbocycles. The molecule has 0 aliphatic heterocycles.